The fourth-order valence-electron chi connectivity index (χ4n) is 2.44. The Bertz CT molecular complexity index is 955. The second-order valence-corrected chi connectivity index (χ2v) is 5.11. The lowest BCUT2D eigenvalue weighted by Crippen LogP contribution is -2.24. The lowest BCUT2D eigenvalue weighted by Gasteiger charge is -2.01. The van der Waals surface area contributed by atoms with Crippen molar-refractivity contribution in [2.24, 2.45) is 0 Å². The predicted molar refractivity (Wildman–Crippen MR) is 83.4 cm³/mol. The van der Waals surface area contributed by atoms with Crippen molar-refractivity contribution in [1.82, 2.24) is 25.5 Å². The largest absolute Gasteiger partial charge is 0.437 e. The Kier molecular flexibility index (Phi) is 3.23. The summed E-state index contributed by atoms with van der Waals surface area (Å²) in [6.45, 7) is 0.223. The van der Waals surface area contributed by atoms with Crippen LogP contribution in [0, 0.1) is 0 Å². The number of benzene rings is 1. The molecule has 0 saturated heterocycles. The highest BCUT2D eigenvalue weighted by Gasteiger charge is 2.11. The number of oxazole rings is 1. The van der Waals surface area contributed by atoms with E-state index in [-0.39, 0.29) is 18.9 Å². The molecule has 23 heavy (non-hydrogen) atoms. The standard InChI is InChI=1S/C16H13N5O2/c22-14(8-12-10-4-1-2-5-11(10)20-21-12)18-9-15-19-16-13(23-15)6-3-7-17-16/h1-7H,8-9H2,(H,18,22)(H,20,21). The van der Waals surface area contributed by atoms with E-state index >= 15 is 0 Å². The van der Waals surface area contributed by atoms with Crippen molar-refractivity contribution in [1.29, 1.82) is 0 Å². The van der Waals surface area contributed by atoms with E-state index in [1.165, 1.54) is 0 Å². The highest BCUT2D eigenvalue weighted by Crippen LogP contribution is 2.15. The number of carbonyl (C=O) groups excluding carboxylic acids is 1. The van der Waals surface area contributed by atoms with Gasteiger partial charge in [-0.15, -0.1) is 0 Å². The lowest BCUT2D eigenvalue weighted by atomic mass is 10.1. The first-order valence-corrected chi connectivity index (χ1v) is 7.19. The number of rotatable bonds is 4. The Morgan fingerprint density at radius 3 is 3.04 bits per heavy atom. The number of para-hydroxylation sites is 1. The Hall–Kier alpha value is -3.22. The van der Waals surface area contributed by atoms with E-state index in [0.717, 1.165) is 16.6 Å². The number of carbonyl (C=O) groups is 1. The van der Waals surface area contributed by atoms with Gasteiger partial charge < -0.3 is 9.73 Å². The lowest BCUT2D eigenvalue weighted by molar-refractivity contribution is -0.120. The molecule has 0 spiro atoms. The van der Waals surface area contributed by atoms with Gasteiger partial charge in [-0.05, 0) is 18.2 Å². The number of amides is 1. The normalized spacial score (nSPS) is 11.1. The van der Waals surface area contributed by atoms with Gasteiger partial charge in [0.2, 0.25) is 11.8 Å². The van der Waals surface area contributed by atoms with Crippen LogP contribution in [0.15, 0.2) is 47.0 Å². The number of nitrogens with zero attached hydrogens (tertiary/aromatic N) is 3. The Labute approximate surface area is 130 Å². The van der Waals surface area contributed by atoms with Crippen LogP contribution in [-0.4, -0.2) is 26.1 Å². The predicted octanol–water partition coefficient (Wildman–Crippen LogP) is 1.96. The minimum absolute atomic E-state index is 0.130. The maximum absolute atomic E-state index is 12.1. The third-order valence-electron chi connectivity index (χ3n) is 3.52. The van der Waals surface area contributed by atoms with Crippen molar-refractivity contribution in [2.45, 2.75) is 13.0 Å². The highest BCUT2D eigenvalue weighted by atomic mass is 16.3. The van der Waals surface area contributed by atoms with Crippen molar-refractivity contribution < 1.29 is 9.21 Å². The molecule has 1 aromatic carbocycles. The smallest absolute Gasteiger partial charge is 0.226 e. The molecule has 0 bridgehead atoms. The molecule has 0 aliphatic heterocycles. The van der Waals surface area contributed by atoms with E-state index in [9.17, 15) is 4.79 Å². The molecule has 0 saturated carbocycles. The topological polar surface area (TPSA) is 96.7 Å². The molecule has 0 radical (unpaired) electrons. The average molecular weight is 307 g/mol. The molecular weight excluding hydrogens is 294 g/mol. The van der Waals surface area contributed by atoms with Crippen LogP contribution < -0.4 is 5.32 Å². The molecule has 3 heterocycles. The average Bonchev–Trinajstić information content (AvgIpc) is 3.17. The Morgan fingerprint density at radius 1 is 1.22 bits per heavy atom. The van der Waals surface area contributed by atoms with E-state index in [1.807, 2.05) is 24.3 Å². The van der Waals surface area contributed by atoms with E-state index in [0.29, 0.717) is 17.1 Å². The maximum Gasteiger partial charge on any atom is 0.226 e. The molecule has 114 valence electrons. The van der Waals surface area contributed by atoms with Gasteiger partial charge in [0.05, 0.1) is 24.2 Å². The van der Waals surface area contributed by atoms with Gasteiger partial charge in [0.25, 0.3) is 0 Å². The van der Waals surface area contributed by atoms with Crippen LogP contribution in [0.25, 0.3) is 22.1 Å². The highest BCUT2D eigenvalue weighted by molar-refractivity contribution is 5.87. The van der Waals surface area contributed by atoms with Crippen LogP contribution in [0.3, 0.4) is 0 Å². The summed E-state index contributed by atoms with van der Waals surface area (Å²) in [6.07, 6.45) is 1.87. The summed E-state index contributed by atoms with van der Waals surface area (Å²) in [6, 6.07) is 11.2. The minimum atomic E-state index is -0.130. The summed E-state index contributed by atoms with van der Waals surface area (Å²) < 4.78 is 5.52. The number of aromatic nitrogens is 4. The minimum Gasteiger partial charge on any atom is -0.437 e. The van der Waals surface area contributed by atoms with Crippen LogP contribution in [0.5, 0.6) is 0 Å². The van der Waals surface area contributed by atoms with Crippen LogP contribution in [0.1, 0.15) is 11.6 Å². The summed E-state index contributed by atoms with van der Waals surface area (Å²) in [4.78, 5) is 20.4. The summed E-state index contributed by atoms with van der Waals surface area (Å²) in [5.74, 6) is 0.302. The van der Waals surface area contributed by atoms with E-state index in [4.69, 9.17) is 4.42 Å². The van der Waals surface area contributed by atoms with Gasteiger partial charge in [-0.1, -0.05) is 18.2 Å². The molecule has 7 nitrogen and oxygen atoms in total. The van der Waals surface area contributed by atoms with Crippen LogP contribution in [0.2, 0.25) is 0 Å². The molecule has 4 aromatic rings. The first-order chi connectivity index (χ1) is 11.3. The number of H-pyrrole nitrogens is 1. The zero-order valence-corrected chi connectivity index (χ0v) is 12.1. The first kappa shape index (κ1) is 13.4. The number of hydrogen-bond acceptors (Lipinski definition) is 5. The van der Waals surface area contributed by atoms with Gasteiger partial charge >= 0.3 is 0 Å². The van der Waals surface area contributed by atoms with Crippen molar-refractivity contribution >= 4 is 28.0 Å². The molecule has 0 aliphatic carbocycles. The quantitative estimate of drug-likeness (QED) is 0.600. The Balaban J connectivity index is 1.43. The van der Waals surface area contributed by atoms with E-state index < -0.39 is 0 Å². The summed E-state index contributed by atoms with van der Waals surface area (Å²) in [7, 11) is 0. The maximum atomic E-state index is 12.1. The molecular formula is C16H13N5O2. The van der Waals surface area contributed by atoms with Gasteiger partial charge in [-0.2, -0.15) is 10.1 Å². The second-order valence-electron chi connectivity index (χ2n) is 5.11. The van der Waals surface area contributed by atoms with E-state index in [2.05, 4.69) is 25.5 Å². The number of pyridine rings is 1. The molecule has 0 unspecified atom stereocenters. The van der Waals surface area contributed by atoms with Crippen LogP contribution in [-0.2, 0) is 17.8 Å². The summed E-state index contributed by atoms with van der Waals surface area (Å²) in [5.41, 5.74) is 2.78. The van der Waals surface area contributed by atoms with Gasteiger partial charge in [0.1, 0.15) is 0 Å². The van der Waals surface area contributed by atoms with Crippen molar-refractivity contribution in [3.05, 3.63) is 54.2 Å². The summed E-state index contributed by atoms with van der Waals surface area (Å²) in [5, 5.41) is 10.8. The summed E-state index contributed by atoms with van der Waals surface area (Å²) >= 11 is 0. The number of hydrogen-bond donors (Lipinski definition) is 2. The number of aromatic amines is 1. The second kappa shape index (κ2) is 5.53. The van der Waals surface area contributed by atoms with Crippen molar-refractivity contribution in [3.8, 4) is 0 Å². The molecule has 4 rings (SSSR count). The van der Waals surface area contributed by atoms with Gasteiger partial charge in [-0.3, -0.25) is 9.89 Å². The molecule has 0 fully saturated rings. The van der Waals surface area contributed by atoms with Crippen molar-refractivity contribution in [3.63, 3.8) is 0 Å². The molecule has 1 amide bonds. The van der Waals surface area contributed by atoms with Crippen molar-refractivity contribution in [2.75, 3.05) is 0 Å². The zero-order chi connectivity index (χ0) is 15.6. The molecule has 2 N–H and O–H groups in total. The van der Waals surface area contributed by atoms with E-state index in [1.54, 1.807) is 18.3 Å². The zero-order valence-electron chi connectivity index (χ0n) is 12.1. The SMILES string of the molecule is O=C(Cc1[nH]nc2ccccc12)NCc1nc2ncccc2o1. The Morgan fingerprint density at radius 2 is 2.13 bits per heavy atom. The molecule has 0 atom stereocenters. The van der Waals surface area contributed by atoms with Gasteiger partial charge in [0.15, 0.2) is 11.2 Å². The fraction of sp³-hybridized carbons (Fsp3) is 0.125. The molecule has 0 aliphatic rings. The first-order valence-electron chi connectivity index (χ1n) is 7.19. The number of nitrogens with one attached hydrogen (secondary N) is 2. The monoisotopic (exact) mass is 307 g/mol. The third-order valence-corrected chi connectivity index (χ3v) is 3.52. The molecule has 3 aromatic heterocycles. The third kappa shape index (κ3) is 2.64. The fourth-order valence-corrected chi connectivity index (χ4v) is 2.44. The number of fused-ring (bicyclic) bond motifs is 2. The van der Waals surface area contributed by atoms with Crippen LogP contribution >= 0.6 is 0 Å². The van der Waals surface area contributed by atoms with Gasteiger partial charge in [-0.25, -0.2) is 4.98 Å². The van der Waals surface area contributed by atoms with Crippen LogP contribution in [0.4, 0.5) is 0 Å². The van der Waals surface area contributed by atoms with Gasteiger partial charge in [0, 0.05) is 11.6 Å². The molecule has 7 heteroatoms.